The summed E-state index contributed by atoms with van der Waals surface area (Å²) in [7, 11) is 0. The molecule has 3 atom stereocenters. The van der Waals surface area contributed by atoms with Crippen LogP contribution in [0, 0.1) is 5.92 Å². The zero-order valence-corrected chi connectivity index (χ0v) is 13.2. The molecule has 4 nitrogen and oxygen atoms in total. The maximum absolute atomic E-state index is 11.8. The van der Waals surface area contributed by atoms with Crippen molar-refractivity contribution < 1.29 is 9.90 Å². The molecular formula is C19H22N2O2. The summed E-state index contributed by atoms with van der Waals surface area (Å²) in [4.78, 5) is 18.5. The van der Waals surface area contributed by atoms with E-state index < -0.39 is 5.97 Å². The minimum Gasteiger partial charge on any atom is -0.480 e. The van der Waals surface area contributed by atoms with Gasteiger partial charge in [-0.3, -0.25) is 14.7 Å². The van der Waals surface area contributed by atoms with Crippen LogP contribution in [0.1, 0.15) is 37.7 Å². The standard InChI is InChI=1S/C19H22N2O2/c22-19(23)17-11-14-5-1-2-9-16(14)21(17)12-15-7-3-6-13-8-4-10-20-18(13)15/h3-4,6-8,10,14,16-17H,1-2,5,9,11-12H2,(H,22,23)/t14-,16-,17+/m1/s1. The highest BCUT2D eigenvalue weighted by Crippen LogP contribution is 2.40. The molecule has 1 aromatic heterocycles. The smallest absolute Gasteiger partial charge is 0.320 e. The highest BCUT2D eigenvalue weighted by Gasteiger charge is 2.45. The Labute approximate surface area is 136 Å². The third kappa shape index (κ3) is 2.61. The molecule has 0 spiro atoms. The second-order valence-corrected chi connectivity index (χ2v) is 6.87. The monoisotopic (exact) mass is 310 g/mol. The number of rotatable bonds is 3. The van der Waals surface area contributed by atoms with Gasteiger partial charge in [0.2, 0.25) is 0 Å². The van der Waals surface area contributed by atoms with E-state index in [0.717, 1.165) is 29.3 Å². The highest BCUT2D eigenvalue weighted by molar-refractivity contribution is 5.81. The maximum atomic E-state index is 11.8. The van der Waals surface area contributed by atoms with Crippen LogP contribution in [-0.2, 0) is 11.3 Å². The average molecular weight is 310 g/mol. The number of hydrogen-bond acceptors (Lipinski definition) is 3. The number of para-hydroxylation sites is 1. The van der Waals surface area contributed by atoms with Gasteiger partial charge in [0.1, 0.15) is 6.04 Å². The van der Waals surface area contributed by atoms with Crippen LogP contribution in [-0.4, -0.2) is 33.0 Å². The first kappa shape index (κ1) is 14.6. The van der Waals surface area contributed by atoms with E-state index in [1.807, 2.05) is 18.3 Å². The van der Waals surface area contributed by atoms with Gasteiger partial charge in [-0.15, -0.1) is 0 Å². The first-order valence-electron chi connectivity index (χ1n) is 8.55. The number of carboxylic acid groups (broad SMARTS) is 1. The molecule has 2 fully saturated rings. The van der Waals surface area contributed by atoms with Crippen LogP contribution in [0.4, 0.5) is 0 Å². The van der Waals surface area contributed by atoms with Gasteiger partial charge in [-0.2, -0.15) is 0 Å². The molecule has 2 aliphatic rings. The summed E-state index contributed by atoms with van der Waals surface area (Å²) in [6.45, 7) is 0.687. The first-order valence-corrected chi connectivity index (χ1v) is 8.55. The summed E-state index contributed by atoms with van der Waals surface area (Å²) in [6, 6.07) is 10.3. The molecule has 0 unspecified atom stereocenters. The number of likely N-dealkylation sites (tertiary alicyclic amines) is 1. The van der Waals surface area contributed by atoms with E-state index in [1.54, 1.807) is 0 Å². The number of fused-ring (bicyclic) bond motifs is 2. The molecule has 0 radical (unpaired) electrons. The second-order valence-electron chi connectivity index (χ2n) is 6.87. The largest absolute Gasteiger partial charge is 0.480 e. The first-order chi connectivity index (χ1) is 11.2. The summed E-state index contributed by atoms with van der Waals surface area (Å²) in [6.07, 6.45) is 7.40. The van der Waals surface area contributed by atoms with E-state index >= 15 is 0 Å². The number of aromatic nitrogens is 1. The van der Waals surface area contributed by atoms with Crippen molar-refractivity contribution in [2.75, 3.05) is 0 Å². The summed E-state index contributed by atoms with van der Waals surface area (Å²) < 4.78 is 0. The fourth-order valence-corrected chi connectivity index (χ4v) is 4.51. The maximum Gasteiger partial charge on any atom is 0.320 e. The molecule has 1 aliphatic heterocycles. The zero-order chi connectivity index (χ0) is 15.8. The van der Waals surface area contributed by atoms with E-state index in [-0.39, 0.29) is 6.04 Å². The van der Waals surface area contributed by atoms with E-state index in [2.05, 4.69) is 28.1 Å². The normalized spacial score (nSPS) is 27.9. The lowest BCUT2D eigenvalue weighted by Crippen LogP contribution is -2.41. The molecule has 23 heavy (non-hydrogen) atoms. The summed E-state index contributed by atoms with van der Waals surface area (Å²) >= 11 is 0. The Morgan fingerprint density at radius 2 is 2.04 bits per heavy atom. The molecule has 0 bridgehead atoms. The van der Waals surface area contributed by atoms with Gasteiger partial charge in [-0.25, -0.2) is 0 Å². The van der Waals surface area contributed by atoms with Crippen molar-refractivity contribution >= 4 is 16.9 Å². The Bertz CT molecular complexity index is 725. The molecule has 0 amide bonds. The van der Waals surface area contributed by atoms with E-state index in [4.69, 9.17) is 0 Å². The molecule has 4 heteroatoms. The number of aliphatic carboxylic acids is 1. The van der Waals surface area contributed by atoms with Crippen molar-refractivity contribution in [3.05, 3.63) is 42.1 Å². The minimum absolute atomic E-state index is 0.345. The molecule has 1 saturated heterocycles. The number of benzene rings is 1. The number of nitrogens with zero attached hydrogens (tertiary/aromatic N) is 2. The van der Waals surface area contributed by atoms with Crippen LogP contribution in [0.15, 0.2) is 36.5 Å². The Balaban J connectivity index is 1.68. The Kier molecular flexibility index (Phi) is 3.77. The van der Waals surface area contributed by atoms with Crippen LogP contribution in [0.3, 0.4) is 0 Å². The quantitative estimate of drug-likeness (QED) is 0.943. The van der Waals surface area contributed by atoms with Gasteiger partial charge < -0.3 is 5.11 Å². The summed E-state index contributed by atoms with van der Waals surface area (Å²) in [5, 5.41) is 10.8. The fraction of sp³-hybridized carbons (Fsp3) is 0.474. The van der Waals surface area contributed by atoms with E-state index in [0.29, 0.717) is 18.5 Å². The number of carboxylic acids is 1. The zero-order valence-electron chi connectivity index (χ0n) is 13.2. The molecule has 1 saturated carbocycles. The molecule has 120 valence electrons. The van der Waals surface area contributed by atoms with Gasteiger partial charge in [-0.1, -0.05) is 37.1 Å². The fourth-order valence-electron chi connectivity index (χ4n) is 4.51. The SMILES string of the molecule is O=C(O)[C@@H]1C[C@H]2CCCC[C@H]2N1Cc1cccc2cccnc12. The average Bonchev–Trinajstić information content (AvgIpc) is 2.94. The van der Waals surface area contributed by atoms with Gasteiger partial charge in [0.05, 0.1) is 5.52 Å². The summed E-state index contributed by atoms with van der Waals surface area (Å²) in [5.41, 5.74) is 2.14. The van der Waals surface area contributed by atoms with Gasteiger partial charge >= 0.3 is 5.97 Å². The number of carbonyl (C=O) groups is 1. The molecule has 1 N–H and O–H groups in total. The van der Waals surface area contributed by atoms with Crippen LogP contribution < -0.4 is 0 Å². The lowest BCUT2D eigenvalue weighted by Gasteiger charge is -2.33. The third-order valence-electron chi connectivity index (χ3n) is 5.58. The molecule has 1 aliphatic carbocycles. The number of pyridine rings is 1. The van der Waals surface area contributed by atoms with Crippen LogP contribution in [0.2, 0.25) is 0 Å². The lowest BCUT2D eigenvalue weighted by atomic mass is 9.84. The Morgan fingerprint density at radius 3 is 2.91 bits per heavy atom. The van der Waals surface area contributed by atoms with Gasteiger partial charge in [0.25, 0.3) is 0 Å². The van der Waals surface area contributed by atoms with Gasteiger partial charge in [-0.05, 0) is 36.8 Å². The van der Waals surface area contributed by atoms with Crippen LogP contribution in [0.5, 0.6) is 0 Å². The van der Waals surface area contributed by atoms with Crippen molar-refractivity contribution in [3.8, 4) is 0 Å². The predicted molar refractivity (Wildman–Crippen MR) is 89.1 cm³/mol. The van der Waals surface area contributed by atoms with E-state index in [1.165, 1.54) is 19.3 Å². The van der Waals surface area contributed by atoms with Crippen molar-refractivity contribution in [1.29, 1.82) is 0 Å². The lowest BCUT2D eigenvalue weighted by molar-refractivity contribution is -0.142. The Hall–Kier alpha value is -1.94. The third-order valence-corrected chi connectivity index (χ3v) is 5.58. The van der Waals surface area contributed by atoms with Crippen molar-refractivity contribution in [2.24, 2.45) is 5.92 Å². The number of hydrogen-bond donors (Lipinski definition) is 1. The van der Waals surface area contributed by atoms with Crippen LogP contribution in [0.25, 0.3) is 10.9 Å². The second kappa shape index (κ2) is 5.93. The highest BCUT2D eigenvalue weighted by atomic mass is 16.4. The van der Waals surface area contributed by atoms with Crippen molar-refractivity contribution in [3.63, 3.8) is 0 Å². The Morgan fingerprint density at radius 1 is 1.22 bits per heavy atom. The van der Waals surface area contributed by atoms with Gasteiger partial charge in [0.15, 0.2) is 0 Å². The summed E-state index contributed by atoms with van der Waals surface area (Å²) in [5.74, 6) is -0.125. The van der Waals surface area contributed by atoms with Crippen molar-refractivity contribution in [1.82, 2.24) is 9.88 Å². The van der Waals surface area contributed by atoms with E-state index in [9.17, 15) is 9.90 Å². The van der Waals surface area contributed by atoms with Crippen molar-refractivity contribution in [2.45, 2.75) is 50.7 Å². The predicted octanol–water partition coefficient (Wildman–Crippen LogP) is 3.45. The topological polar surface area (TPSA) is 53.4 Å². The molecule has 4 rings (SSSR count). The van der Waals surface area contributed by atoms with Crippen LogP contribution >= 0.6 is 0 Å². The molecule has 2 aromatic rings. The van der Waals surface area contributed by atoms with Gasteiger partial charge in [0, 0.05) is 24.2 Å². The minimum atomic E-state index is -0.674. The molecule has 1 aromatic carbocycles. The molecular weight excluding hydrogens is 288 g/mol. The molecule has 2 heterocycles.